The van der Waals surface area contributed by atoms with Crippen LogP contribution in [0.4, 0.5) is 0 Å². The first kappa shape index (κ1) is 14.1. The van der Waals surface area contributed by atoms with Gasteiger partial charge in [-0.2, -0.15) is 5.10 Å². The third-order valence-electron chi connectivity index (χ3n) is 3.18. The van der Waals surface area contributed by atoms with Gasteiger partial charge in [0.1, 0.15) is 11.4 Å². The van der Waals surface area contributed by atoms with Gasteiger partial charge < -0.3 is 10.1 Å². The first-order chi connectivity index (χ1) is 9.63. The fourth-order valence-corrected chi connectivity index (χ4v) is 1.77. The van der Waals surface area contributed by atoms with Crippen LogP contribution in [-0.4, -0.2) is 29.3 Å². The molecule has 106 valence electrons. The number of carbonyl (C=O) groups excluding carboxylic acids is 1. The average Bonchev–Trinajstić information content (AvgIpc) is 2.97. The van der Waals surface area contributed by atoms with E-state index in [-0.39, 0.29) is 11.9 Å². The van der Waals surface area contributed by atoms with E-state index in [1.54, 1.807) is 13.2 Å². The number of H-pyrrole nitrogens is 1. The lowest BCUT2D eigenvalue weighted by Gasteiger charge is -2.09. The number of hydrogen-bond acceptors (Lipinski definition) is 3. The summed E-state index contributed by atoms with van der Waals surface area (Å²) in [5.74, 6) is 0.622. The van der Waals surface area contributed by atoms with Gasteiger partial charge in [-0.05, 0) is 31.5 Å². The lowest BCUT2D eigenvalue weighted by atomic mass is 10.1. The topological polar surface area (TPSA) is 67.0 Å². The molecular weight excluding hydrogens is 254 g/mol. The maximum absolute atomic E-state index is 12.0. The first-order valence-electron chi connectivity index (χ1n) is 6.64. The predicted molar refractivity (Wildman–Crippen MR) is 77.8 cm³/mol. The lowest BCUT2D eigenvalue weighted by molar-refractivity contribution is 0.0934. The normalized spacial score (nSPS) is 11.9. The molecule has 2 aromatic rings. The maximum atomic E-state index is 12.0. The highest BCUT2D eigenvalue weighted by atomic mass is 16.5. The minimum absolute atomic E-state index is 0.138. The zero-order chi connectivity index (χ0) is 14.5. The van der Waals surface area contributed by atoms with Gasteiger partial charge in [0.2, 0.25) is 0 Å². The van der Waals surface area contributed by atoms with Crippen molar-refractivity contribution in [3.05, 3.63) is 36.0 Å². The number of aromatic nitrogens is 2. The van der Waals surface area contributed by atoms with Crippen LogP contribution in [0.1, 0.15) is 30.8 Å². The molecule has 0 bridgehead atoms. The second-order valence-corrected chi connectivity index (χ2v) is 4.68. The predicted octanol–water partition coefficient (Wildman–Crippen LogP) is 2.61. The Labute approximate surface area is 118 Å². The van der Waals surface area contributed by atoms with Crippen LogP contribution < -0.4 is 10.1 Å². The van der Waals surface area contributed by atoms with E-state index in [2.05, 4.69) is 15.5 Å². The molecular formula is C15H19N3O2. The van der Waals surface area contributed by atoms with Gasteiger partial charge in [0.05, 0.1) is 12.8 Å². The molecule has 1 atom stereocenters. The van der Waals surface area contributed by atoms with Crippen molar-refractivity contribution in [3.8, 4) is 17.0 Å². The summed E-state index contributed by atoms with van der Waals surface area (Å²) in [6, 6.07) is 9.45. The summed E-state index contributed by atoms with van der Waals surface area (Å²) in [7, 11) is 1.62. The van der Waals surface area contributed by atoms with Crippen LogP contribution in [0.25, 0.3) is 11.3 Å². The molecule has 20 heavy (non-hydrogen) atoms. The molecule has 0 saturated carbocycles. The average molecular weight is 273 g/mol. The standard InChI is InChI=1S/C15H19N3O2/c1-4-10(2)16-15(19)14-9-13(17-18-14)11-6-5-7-12(8-11)20-3/h5-10H,4H2,1-3H3,(H,16,19)(H,17,18)/t10-/m1/s1. The number of methoxy groups -OCH3 is 1. The van der Waals surface area contributed by atoms with Gasteiger partial charge in [0.25, 0.3) is 5.91 Å². The number of aromatic amines is 1. The smallest absolute Gasteiger partial charge is 0.269 e. The van der Waals surface area contributed by atoms with Crippen molar-refractivity contribution in [2.75, 3.05) is 7.11 Å². The Morgan fingerprint density at radius 1 is 1.45 bits per heavy atom. The number of carbonyl (C=O) groups is 1. The molecule has 0 aliphatic rings. The molecule has 1 amide bonds. The van der Waals surface area contributed by atoms with E-state index in [1.807, 2.05) is 38.1 Å². The molecule has 1 aromatic heterocycles. The molecule has 0 spiro atoms. The molecule has 0 saturated heterocycles. The van der Waals surface area contributed by atoms with Crippen LogP contribution in [0.3, 0.4) is 0 Å². The van der Waals surface area contributed by atoms with Gasteiger partial charge in [-0.25, -0.2) is 0 Å². The van der Waals surface area contributed by atoms with Gasteiger partial charge in [-0.15, -0.1) is 0 Å². The summed E-state index contributed by atoms with van der Waals surface area (Å²) in [6.45, 7) is 4.00. The Kier molecular flexibility index (Phi) is 4.40. The van der Waals surface area contributed by atoms with Crippen LogP contribution in [0.5, 0.6) is 5.75 Å². The van der Waals surface area contributed by atoms with E-state index < -0.39 is 0 Å². The van der Waals surface area contributed by atoms with Gasteiger partial charge >= 0.3 is 0 Å². The molecule has 0 radical (unpaired) electrons. The van der Waals surface area contributed by atoms with E-state index in [9.17, 15) is 4.79 Å². The van der Waals surface area contributed by atoms with Gasteiger partial charge in [-0.3, -0.25) is 9.89 Å². The Balaban J connectivity index is 2.17. The largest absolute Gasteiger partial charge is 0.497 e. The Morgan fingerprint density at radius 3 is 2.95 bits per heavy atom. The Morgan fingerprint density at radius 2 is 2.25 bits per heavy atom. The quantitative estimate of drug-likeness (QED) is 0.880. The molecule has 0 fully saturated rings. The summed E-state index contributed by atoms with van der Waals surface area (Å²) < 4.78 is 5.18. The van der Waals surface area contributed by atoms with E-state index in [4.69, 9.17) is 4.74 Å². The molecule has 5 nitrogen and oxygen atoms in total. The third kappa shape index (κ3) is 3.17. The number of benzene rings is 1. The van der Waals surface area contributed by atoms with Gasteiger partial charge in [0, 0.05) is 11.6 Å². The zero-order valence-corrected chi connectivity index (χ0v) is 11.9. The maximum Gasteiger partial charge on any atom is 0.269 e. The molecule has 2 N–H and O–H groups in total. The molecule has 2 rings (SSSR count). The highest BCUT2D eigenvalue weighted by Crippen LogP contribution is 2.22. The van der Waals surface area contributed by atoms with Crippen molar-refractivity contribution in [3.63, 3.8) is 0 Å². The number of hydrogen-bond donors (Lipinski definition) is 2. The summed E-state index contributed by atoms with van der Waals surface area (Å²) in [6.07, 6.45) is 0.891. The molecule has 0 aliphatic carbocycles. The SMILES string of the molecule is CC[C@@H](C)NC(=O)c1cc(-c2cccc(OC)c2)n[nH]1. The van der Waals surface area contributed by atoms with Crippen LogP contribution in [0.2, 0.25) is 0 Å². The van der Waals surface area contributed by atoms with Crippen molar-refractivity contribution in [2.24, 2.45) is 0 Å². The van der Waals surface area contributed by atoms with E-state index in [0.29, 0.717) is 5.69 Å². The minimum Gasteiger partial charge on any atom is -0.497 e. The number of nitrogens with zero attached hydrogens (tertiary/aromatic N) is 1. The fraction of sp³-hybridized carbons (Fsp3) is 0.333. The van der Waals surface area contributed by atoms with Crippen molar-refractivity contribution < 1.29 is 9.53 Å². The highest BCUT2D eigenvalue weighted by molar-refractivity contribution is 5.93. The fourth-order valence-electron chi connectivity index (χ4n) is 1.77. The van der Waals surface area contributed by atoms with Crippen molar-refractivity contribution >= 4 is 5.91 Å². The third-order valence-corrected chi connectivity index (χ3v) is 3.18. The molecule has 0 unspecified atom stereocenters. The minimum atomic E-state index is -0.138. The molecule has 1 heterocycles. The number of rotatable bonds is 5. The number of amides is 1. The first-order valence-corrected chi connectivity index (χ1v) is 6.64. The van der Waals surface area contributed by atoms with Crippen molar-refractivity contribution in [2.45, 2.75) is 26.3 Å². The van der Waals surface area contributed by atoms with Crippen LogP contribution in [-0.2, 0) is 0 Å². The summed E-state index contributed by atoms with van der Waals surface area (Å²) in [4.78, 5) is 12.0. The summed E-state index contributed by atoms with van der Waals surface area (Å²) in [5.41, 5.74) is 2.09. The monoisotopic (exact) mass is 273 g/mol. The zero-order valence-electron chi connectivity index (χ0n) is 11.9. The lowest BCUT2D eigenvalue weighted by Crippen LogP contribution is -2.32. The van der Waals surface area contributed by atoms with Crippen LogP contribution >= 0.6 is 0 Å². The van der Waals surface area contributed by atoms with Gasteiger partial charge in [-0.1, -0.05) is 19.1 Å². The second kappa shape index (κ2) is 6.23. The summed E-state index contributed by atoms with van der Waals surface area (Å²) >= 11 is 0. The van der Waals surface area contributed by atoms with Crippen molar-refractivity contribution in [1.82, 2.24) is 15.5 Å². The van der Waals surface area contributed by atoms with E-state index in [1.165, 1.54) is 0 Å². The van der Waals surface area contributed by atoms with E-state index in [0.717, 1.165) is 23.4 Å². The van der Waals surface area contributed by atoms with Crippen LogP contribution in [0, 0.1) is 0 Å². The summed E-state index contributed by atoms with van der Waals surface area (Å²) in [5, 5.41) is 9.84. The molecule has 1 aromatic carbocycles. The Bertz CT molecular complexity index is 592. The van der Waals surface area contributed by atoms with E-state index >= 15 is 0 Å². The number of ether oxygens (including phenoxy) is 1. The Hall–Kier alpha value is -2.30. The van der Waals surface area contributed by atoms with Gasteiger partial charge in [0.15, 0.2) is 0 Å². The molecule has 0 aliphatic heterocycles. The van der Waals surface area contributed by atoms with Crippen LogP contribution in [0.15, 0.2) is 30.3 Å². The highest BCUT2D eigenvalue weighted by Gasteiger charge is 2.12. The molecule has 5 heteroatoms. The second-order valence-electron chi connectivity index (χ2n) is 4.68. The van der Waals surface area contributed by atoms with Crippen molar-refractivity contribution in [1.29, 1.82) is 0 Å². The number of nitrogens with one attached hydrogen (secondary N) is 2.